The molecule has 0 atom stereocenters. The van der Waals surface area contributed by atoms with Crippen LogP contribution in [0.25, 0.3) is 26.7 Å². The molecule has 1 N–H and O–H groups in total. The third kappa shape index (κ3) is 3.91. The van der Waals surface area contributed by atoms with E-state index in [0.717, 1.165) is 10.1 Å². The molecular weight excluding hydrogens is 482 g/mol. The van der Waals surface area contributed by atoms with Crippen LogP contribution in [0.3, 0.4) is 0 Å². The zero-order valence-corrected chi connectivity index (χ0v) is 20.2. The van der Waals surface area contributed by atoms with E-state index in [-0.39, 0.29) is 17.8 Å². The minimum absolute atomic E-state index is 0.0577. The molecule has 0 aliphatic rings. The zero-order valence-electron chi connectivity index (χ0n) is 19.4. The first-order chi connectivity index (χ1) is 17.4. The van der Waals surface area contributed by atoms with E-state index in [9.17, 15) is 19.5 Å². The molecule has 0 fully saturated rings. The summed E-state index contributed by atoms with van der Waals surface area (Å²) < 4.78 is 13.6. The molecule has 0 saturated carbocycles. The Labute approximate surface area is 208 Å². The minimum Gasteiger partial charge on any atom is -0.496 e. The van der Waals surface area contributed by atoms with Gasteiger partial charge < -0.3 is 14.3 Å². The van der Waals surface area contributed by atoms with Gasteiger partial charge in [0.05, 0.1) is 34.8 Å². The van der Waals surface area contributed by atoms with Crippen molar-refractivity contribution in [2.45, 2.75) is 19.9 Å². The van der Waals surface area contributed by atoms with Crippen molar-refractivity contribution in [1.82, 2.24) is 14.1 Å². The third-order valence-electron chi connectivity index (χ3n) is 6.01. The van der Waals surface area contributed by atoms with E-state index < -0.39 is 17.2 Å². The molecule has 5 aromatic rings. The number of rotatable bonds is 7. The summed E-state index contributed by atoms with van der Waals surface area (Å²) in [6.07, 6.45) is 3.47. The highest BCUT2D eigenvalue weighted by Crippen LogP contribution is 2.35. The molecular formula is C26H21N3O6S. The number of aromatic nitrogens is 3. The fourth-order valence-electron chi connectivity index (χ4n) is 4.21. The summed E-state index contributed by atoms with van der Waals surface area (Å²) in [5.41, 5.74) is 0.909. The normalized spacial score (nSPS) is 11.2. The van der Waals surface area contributed by atoms with Crippen molar-refractivity contribution in [3.63, 3.8) is 0 Å². The first-order valence-electron chi connectivity index (χ1n) is 11.0. The number of aryl methyl sites for hydroxylation is 3. The van der Waals surface area contributed by atoms with Crippen molar-refractivity contribution < 1.29 is 19.1 Å². The van der Waals surface area contributed by atoms with E-state index in [0.29, 0.717) is 38.7 Å². The van der Waals surface area contributed by atoms with Crippen LogP contribution in [0, 0.1) is 6.92 Å². The second-order valence-corrected chi connectivity index (χ2v) is 9.06. The van der Waals surface area contributed by atoms with Crippen molar-refractivity contribution in [3.8, 4) is 22.2 Å². The molecule has 0 bridgehead atoms. The van der Waals surface area contributed by atoms with E-state index in [1.165, 1.54) is 48.1 Å². The second kappa shape index (κ2) is 9.31. The van der Waals surface area contributed by atoms with Gasteiger partial charge in [-0.1, -0.05) is 18.2 Å². The number of para-hydroxylation sites is 1. The van der Waals surface area contributed by atoms with Crippen LogP contribution in [0.4, 0.5) is 0 Å². The van der Waals surface area contributed by atoms with E-state index in [2.05, 4.69) is 4.98 Å². The summed E-state index contributed by atoms with van der Waals surface area (Å²) in [6.45, 7) is 2.08. The lowest BCUT2D eigenvalue weighted by molar-refractivity contribution is 0.0697. The monoisotopic (exact) mass is 503 g/mol. The molecule has 182 valence electrons. The first-order valence-corrected chi connectivity index (χ1v) is 11.9. The molecule has 10 heteroatoms. The number of benzene rings is 2. The number of carbonyl (C=O) groups is 1. The lowest BCUT2D eigenvalue weighted by Crippen LogP contribution is -2.39. The lowest BCUT2D eigenvalue weighted by atomic mass is 10.1. The Balaban J connectivity index is 1.74. The van der Waals surface area contributed by atoms with Crippen molar-refractivity contribution in [1.29, 1.82) is 0 Å². The molecule has 0 aliphatic carbocycles. The average molecular weight is 504 g/mol. The molecule has 2 aromatic carbocycles. The number of hydrogen-bond acceptors (Lipinski definition) is 7. The number of methoxy groups -OCH3 is 1. The largest absolute Gasteiger partial charge is 0.496 e. The van der Waals surface area contributed by atoms with Crippen molar-refractivity contribution >= 4 is 27.5 Å². The van der Waals surface area contributed by atoms with Gasteiger partial charge in [0.2, 0.25) is 5.89 Å². The van der Waals surface area contributed by atoms with Crippen molar-refractivity contribution in [3.05, 3.63) is 98.5 Å². The summed E-state index contributed by atoms with van der Waals surface area (Å²) in [4.78, 5) is 44.1. The van der Waals surface area contributed by atoms with Crippen LogP contribution in [0.15, 0.2) is 75.0 Å². The van der Waals surface area contributed by atoms with Gasteiger partial charge in [-0.25, -0.2) is 19.1 Å². The highest BCUT2D eigenvalue weighted by atomic mass is 32.1. The number of oxazole rings is 1. The SMILES string of the molecule is COc1ccccc1CCn1c(=O)n(-c2ccc(C(=O)O)cc2)c(=O)c2c(C)c(-c3ncco3)sc21. The van der Waals surface area contributed by atoms with Gasteiger partial charge in [-0.2, -0.15) is 0 Å². The van der Waals surface area contributed by atoms with Crippen LogP contribution in [0.1, 0.15) is 21.5 Å². The maximum Gasteiger partial charge on any atom is 0.336 e. The summed E-state index contributed by atoms with van der Waals surface area (Å²) in [7, 11) is 1.59. The van der Waals surface area contributed by atoms with Crippen LogP contribution in [-0.2, 0) is 13.0 Å². The molecule has 0 radical (unpaired) electrons. The average Bonchev–Trinajstić information content (AvgIpc) is 3.53. The molecule has 0 amide bonds. The maximum absolute atomic E-state index is 13.8. The zero-order chi connectivity index (χ0) is 25.4. The van der Waals surface area contributed by atoms with Gasteiger partial charge in [0.15, 0.2) is 0 Å². The molecule has 9 nitrogen and oxygen atoms in total. The van der Waals surface area contributed by atoms with E-state index in [1.54, 1.807) is 18.6 Å². The Morgan fingerprint density at radius 1 is 1.14 bits per heavy atom. The lowest BCUT2D eigenvalue weighted by Gasteiger charge is -2.14. The summed E-state index contributed by atoms with van der Waals surface area (Å²) >= 11 is 1.28. The molecule has 3 heterocycles. The summed E-state index contributed by atoms with van der Waals surface area (Å²) in [5, 5.41) is 9.62. The molecule has 3 aromatic heterocycles. The highest BCUT2D eigenvalue weighted by Gasteiger charge is 2.23. The quantitative estimate of drug-likeness (QED) is 0.355. The van der Waals surface area contributed by atoms with Gasteiger partial charge in [-0.3, -0.25) is 9.36 Å². The third-order valence-corrected chi connectivity index (χ3v) is 7.31. The Morgan fingerprint density at radius 2 is 1.89 bits per heavy atom. The minimum atomic E-state index is -1.09. The Kier molecular flexibility index (Phi) is 6.03. The second-order valence-electron chi connectivity index (χ2n) is 8.06. The van der Waals surface area contributed by atoms with Gasteiger partial charge in [0.1, 0.15) is 16.8 Å². The van der Waals surface area contributed by atoms with E-state index in [1.807, 2.05) is 24.3 Å². The molecule has 5 rings (SSSR count). The number of ether oxygens (including phenoxy) is 1. The Morgan fingerprint density at radius 3 is 2.56 bits per heavy atom. The number of aromatic carboxylic acids is 1. The first kappa shape index (κ1) is 23.3. The van der Waals surface area contributed by atoms with Crippen LogP contribution in [0.2, 0.25) is 0 Å². The van der Waals surface area contributed by atoms with Gasteiger partial charge >= 0.3 is 11.7 Å². The van der Waals surface area contributed by atoms with Crippen LogP contribution < -0.4 is 16.0 Å². The van der Waals surface area contributed by atoms with Crippen LogP contribution in [-0.4, -0.2) is 32.3 Å². The standard InChI is InChI=1S/C26H21N3O6S/c1-15-20-23(30)29(18-9-7-17(8-10-18)25(31)32)26(33)28(13-11-16-5-3-4-6-19(16)34-2)24(20)36-21(15)22-27-12-14-35-22/h3-10,12,14H,11,13H2,1-2H3,(H,31,32). The summed E-state index contributed by atoms with van der Waals surface area (Å²) in [5.74, 6) is -0.0146. The van der Waals surface area contributed by atoms with Crippen LogP contribution >= 0.6 is 11.3 Å². The molecule has 0 saturated heterocycles. The fourth-order valence-corrected chi connectivity index (χ4v) is 5.46. The smallest absolute Gasteiger partial charge is 0.336 e. The van der Waals surface area contributed by atoms with E-state index >= 15 is 0 Å². The highest BCUT2D eigenvalue weighted by molar-refractivity contribution is 7.22. The Hall–Kier alpha value is -4.44. The Bertz CT molecular complexity index is 1700. The summed E-state index contributed by atoms with van der Waals surface area (Å²) in [6, 6.07) is 13.2. The topological polar surface area (TPSA) is 117 Å². The van der Waals surface area contributed by atoms with Gasteiger partial charge in [-0.05, 0) is 54.8 Å². The molecule has 0 aliphatic heterocycles. The number of carboxylic acid groups (broad SMARTS) is 1. The van der Waals surface area contributed by atoms with Gasteiger partial charge in [0, 0.05) is 6.54 Å². The predicted octanol–water partition coefficient (Wildman–Crippen LogP) is 4.13. The number of nitrogens with zero attached hydrogens (tertiary/aromatic N) is 3. The van der Waals surface area contributed by atoms with Crippen molar-refractivity contribution in [2.75, 3.05) is 7.11 Å². The number of fused-ring (bicyclic) bond motifs is 1. The van der Waals surface area contributed by atoms with Gasteiger partial charge in [0.25, 0.3) is 5.56 Å². The van der Waals surface area contributed by atoms with E-state index in [4.69, 9.17) is 9.15 Å². The van der Waals surface area contributed by atoms with Crippen molar-refractivity contribution in [2.24, 2.45) is 0 Å². The number of hydrogen-bond donors (Lipinski definition) is 1. The number of carboxylic acids is 1. The molecule has 0 unspecified atom stereocenters. The molecule has 0 spiro atoms. The fraction of sp³-hybridized carbons (Fsp3) is 0.154. The predicted molar refractivity (Wildman–Crippen MR) is 136 cm³/mol. The van der Waals surface area contributed by atoms with Gasteiger partial charge in [-0.15, -0.1) is 11.3 Å². The van der Waals surface area contributed by atoms with Crippen LogP contribution in [0.5, 0.6) is 5.75 Å². The number of thiophene rings is 1. The molecule has 36 heavy (non-hydrogen) atoms. The maximum atomic E-state index is 13.8.